The molecular weight excluding hydrogens is 257 g/mol. The van der Waals surface area contributed by atoms with Crippen LogP contribution in [0.25, 0.3) is 11.3 Å². The van der Waals surface area contributed by atoms with Gasteiger partial charge >= 0.3 is 0 Å². The maximum atomic E-state index is 9.02. The molecule has 1 heterocycles. The Balaban J connectivity index is 2.61. The van der Waals surface area contributed by atoms with E-state index < -0.39 is 0 Å². The van der Waals surface area contributed by atoms with Gasteiger partial charge in [0, 0.05) is 5.56 Å². The second-order valence-corrected chi connectivity index (χ2v) is 4.22. The zero-order valence-corrected chi connectivity index (χ0v) is 10.1. The van der Waals surface area contributed by atoms with E-state index in [2.05, 4.69) is 11.1 Å². The number of nitrogens with zero attached hydrogens (tertiary/aromatic N) is 2. The number of hydrogen-bond acceptors (Lipinski definition) is 3. The summed E-state index contributed by atoms with van der Waals surface area (Å²) >= 11 is 11.8. The molecule has 0 amide bonds. The lowest BCUT2D eigenvalue weighted by Crippen LogP contribution is -1.93. The smallest absolute Gasteiger partial charge is 0.102 e. The quantitative estimate of drug-likeness (QED) is 0.857. The Hall–Kier alpha value is -1.76. The number of nitrogens with two attached hydrogens (primary N) is 1. The Labute approximate surface area is 108 Å². The summed E-state index contributed by atoms with van der Waals surface area (Å²) in [5, 5.41) is 9.91. The number of hydrogen-bond donors (Lipinski definition) is 1. The van der Waals surface area contributed by atoms with Gasteiger partial charge in [-0.05, 0) is 18.2 Å². The zero-order chi connectivity index (χ0) is 12.4. The maximum absolute atomic E-state index is 9.02. The number of pyridine rings is 1. The summed E-state index contributed by atoms with van der Waals surface area (Å²) in [4.78, 5) is 4.14. The van der Waals surface area contributed by atoms with Crippen LogP contribution in [0.1, 0.15) is 5.56 Å². The molecule has 2 aromatic rings. The Bertz CT molecular complexity index is 618. The van der Waals surface area contributed by atoms with Gasteiger partial charge in [0.05, 0.1) is 33.2 Å². The summed E-state index contributed by atoms with van der Waals surface area (Å²) in [6.07, 6.45) is 1.50. The van der Waals surface area contributed by atoms with E-state index in [1.807, 2.05) is 0 Å². The van der Waals surface area contributed by atoms with E-state index in [1.165, 1.54) is 6.20 Å². The van der Waals surface area contributed by atoms with Crippen LogP contribution in [0.15, 0.2) is 30.5 Å². The Kier molecular flexibility index (Phi) is 3.19. The molecule has 0 unspecified atom stereocenters. The third-order valence-electron chi connectivity index (χ3n) is 2.22. The maximum Gasteiger partial charge on any atom is 0.102 e. The van der Waals surface area contributed by atoms with E-state index in [1.54, 1.807) is 24.3 Å². The van der Waals surface area contributed by atoms with Gasteiger partial charge in [0.2, 0.25) is 0 Å². The third kappa shape index (κ3) is 2.33. The highest BCUT2D eigenvalue weighted by Gasteiger charge is 2.08. The minimum atomic E-state index is 0.406. The molecule has 0 aliphatic heterocycles. The molecule has 2 rings (SSSR count). The van der Waals surface area contributed by atoms with E-state index in [9.17, 15) is 0 Å². The third-order valence-corrected chi connectivity index (χ3v) is 2.96. The monoisotopic (exact) mass is 263 g/mol. The zero-order valence-electron chi connectivity index (χ0n) is 8.61. The molecule has 84 valence electrons. The van der Waals surface area contributed by atoms with E-state index in [4.69, 9.17) is 34.2 Å². The molecule has 0 radical (unpaired) electrons. The molecule has 0 atom stereocenters. The molecule has 0 bridgehead atoms. The summed E-state index contributed by atoms with van der Waals surface area (Å²) < 4.78 is 0. The molecule has 0 aliphatic carbocycles. The predicted molar refractivity (Wildman–Crippen MR) is 68.8 cm³/mol. The van der Waals surface area contributed by atoms with Gasteiger partial charge in [0.25, 0.3) is 0 Å². The van der Waals surface area contributed by atoms with Crippen molar-refractivity contribution in [2.24, 2.45) is 0 Å². The standard InChI is InChI=1S/C12H7Cl2N3/c13-10-2-1-7(4-11(10)14)12-8(5-15)3-9(16)6-17-12/h1-4,6H,16H2. The van der Waals surface area contributed by atoms with Gasteiger partial charge in [-0.25, -0.2) is 0 Å². The first-order chi connectivity index (χ1) is 8.11. The van der Waals surface area contributed by atoms with Crippen molar-refractivity contribution in [1.29, 1.82) is 5.26 Å². The molecule has 0 saturated heterocycles. The minimum Gasteiger partial charge on any atom is -0.397 e. The van der Waals surface area contributed by atoms with Gasteiger partial charge in [-0.1, -0.05) is 29.3 Å². The van der Waals surface area contributed by atoms with Crippen molar-refractivity contribution in [1.82, 2.24) is 4.98 Å². The van der Waals surface area contributed by atoms with Crippen molar-refractivity contribution in [2.45, 2.75) is 0 Å². The van der Waals surface area contributed by atoms with Gasteiger partial charge in [0.1, 0.15) is 6.07 Å². The number of aromatic nitrogens is 1. The van der Waals surface area contributed by atoms with Crippen LogP contribution < -0.4 is 5.73 Å². The number of nitriles is 1. The van der Waals surface area contributed by atoms with E-state index in [-0.39, 0.29) is 0 Å². The van der Waals surface area contributed by atoms with Crippen LogP contribution in [-0.4, -0.2) is 4.98 Å². The number of benzene rings is 1. The van der Waals surface area contributed by atoms with Crippen molar-refractivity contribution in [3.8, 4) is 17.3 Å². The predicted octanol–water partition coefficient (Wildman–Crippen LogP) is 3.51. The van der Waals surface area contributed by atoms with Crippen molar-refractivity contribution in [3.05, 3.63) is 46.1 Å². The molecular formula is C12H7Cl2N3. The summed E-state index contributed by atoms with van der Waals surface area (Å²) in [7, 11) is 0. The van der Waals surface area contributed by atoms with Crippen LogP contribution >= 0.6 is 23.2 Å². The molecule has 0 aliphatic rings. The van der Waals surface area contributed by atoms with Gasteiger partial charge < -0.3 is 5.73 Å². The van der Waals surface area contributed by atoms with Crippen molar-refractivity contribution in [2.75, 3.05) is 5.73 Å². The van der Waals surface area contributed by atoms with Crippen LogP contribution in [0.4, 0.5) is 5.69 Å². The summed E-state index contributed by atoms with van der Waals surface area (Å²) in [5.74, 6) is 0. The van der Waals surface area contributed by atoms with Gasteiger partial charge in [-0.2, -0.15) is 5.26 Å². The lowest BCUT2D eigenvalue weighted by molar-refractivity contribution is 1.30. The highest BCUT2D eigenvalue weighted by Crippen LogP contribution is 2.29. The molecule has 3 nitrogen and oxygen atoms in total. The van der Waals surface area contributed by atoms with Crippen LogP contribution in [-0.2, 0) is 0 Å². The Morgan fingerprint density at radius 3 is 2.59 bits per heavy atom. The second-order valence-electron chi connectivity index (χ2n) is 3.41. The first kappa shape index (κ1) is 11.7. The molecule has 1 aromatic carbocycles. The van der Waals surface area contributed by atoms with Gasteiger partial charge in [-0.3, -0.25) is 4.98 Å². The topological polar surface area (TPSA) is 62.7 Å². The molecule has 0 fully saturated rings. The van der Waals surface area contributed by atoms with Crippen LogP contribution in [0.5, 0.6) is 0 Å². The summed E-state index contributed by atoms with van der Waals surface area (Å²) in [6.45, 7) is 0. The molecule has 17 heavy (non-hydrogen) atoms. The fourth-order valence-corrected chi connectivity index (χ4v) is 1.74. The number of halogens is 2. The minimum absolute atomic E-state index is 0.406. The van der Waals surface area contributed by atoms with Gasteiger partial charge in [0.15, 0.2) is 0 Å². The highest BCUT2D eigenvalue weighted by molar-refractivity contribution is 6.42. The number of anilines is 1. The Morgan fingerprint density at radius 1 is 1.18 bits per heavy atom. The van der Waals surface area contributed by atoms with Crippen molar-refractivity contribution >= 4 is 28.9 Å². The molecule has 0 spiro atoms. The number of rotatable bonds is 1. The summed E-state index contributed by atoms with van der Waals surface area (Å²) in [6, 6.07) is 8.72. The normalized spacial score (nSPS) is 9.94. The SMILES string of the molecule is N#Cc1cc(N)cnc1-c1ccc(Cl)c(Cl)c1. The average Bonchev–Trinajstić information content (AvgIpc) is 2.32. The first-order valence-corrected chi connectivity index (χ1v) is 5.48. The van der Waals surface area contributed by atoms with E-state index in [0.29, 0.717) is 27.0 Å². The van der Waals surface area contributed by atoms with E-state index in [0.717, 1.165) is 5.56 Å². The van der Waals surface area contributed by atoms with Crippen molar-refractivity contribution in [3.63, 3.8) is 0 Å². The lowest BCUT2D eigenvalue weighted by Gasteiger charge is -2.05. The molecule has 1 aromatic heterocycles. The van der Waals surface area contributed by atoms with Crippen LogP contribution in [0.2, 0.25) is 10.0 Å². The van der Waals surface area contributed by atoms with Crippen LogP contribution in [0, 0.1) is 11.3 Å². The fraction of sp³-hybridized carbons (Fsp3) is 0. The molecule has 2 N–H and O–H groups in total. The summed E-state index contributed by atoms with van der Waals surface area (Å²) in [5.41, 5.74) is 7.70. The van der Waals surface area contributed by atoms with E-state index >= 15 is 0 Å². The molecule has 0 saturated carbocycles. The van der Waals surface area contributed by atoms with Crippen LogP contribution in [0.3, 0.4) is 0 Å². The first-order valence-electron chi connectivity index (χ1n) is 4.73. The lowest BCUT2D eigenvalue weighted by atomic mass is 10.1. The molecule has 5 heteroatoms. The fourth-order valence-electron chi connectivity index (χ4n) is 1.44. The van der Waals surface area contributed by atoms with Gasteiger partial charge in [-0.15, -0.1) is 0 Å². The Morgan fingerprint density at radius 2 is 1.94 bits per heavy atom. The largest absolute Gasteiger partial charge is 0.397 e. The average molecular weight is 264 g/mol. The highest BCUT2D eigenvalue weighted by atomic mass is 35.5. The van der Waals surface area contributed by atoms with Crippen molar-refractivity contribution < 1.29 is 0 Å². The second kappa shape index (κ2) is 4.62. The number of nitrogen functional groups attached to an aromatic ring is 1.